The summed E-state index contributed by atoms with van der Waals surface area (Å²) in [5, 5.41) is 7.84. The summed E-state index contributed by atoms with van der Waals surface area (Å²) in [7, 11) is 0. The van der Waals surface area contributed by atoms with E-state index in [4.69, 9.17) is 0 Å². The first-order chi connectivity index (χ1) is 11.8. The van der Waals surface area contributed by atoms with Gasteiger partial charge in [0.25, 0.3) is 0 Å². The van der Waals surface area contributed by atoms with E-state index in [0.717, 1.165) is 57.2 Å². The molecule has 0 saturated carbocycles. The van der Waals surface area contributed by atoms with Crippen molar-refractivity contribution in [2.24, 2.45) is 0 Å². The van der Waals surface area contributed by atoms with E-state index in [1.807, 2.05) is 10.9 Å². The molecule has 2 aliphatic heterocycles. The van der Waals surface area contributed by atoms with Crippen LogP contribution < -0.4 is 5.32 Å². The quantitative estimate of drug-likeness (QED) is 0.898. The molecule has 1 N–H and O–H groups in total. The van der Waals surface area contributed by atoms with E-state index in [-0.39, 0.29) is 18.2 Å². The molecule has 136 valence electrons. The first kappa shape index (κ1) is 18.3. The molecule has 2 aromatic rings. The highest BCUT2D eigenvalue weighted by Gasteiger charge is 2.28. The molecular weight excluding hydrogens is 341 g/mol. The van der Waals surface area contributed by atoms with Crippen molar-refractivity contribution in [2.75, 3.05) is 39.3 Å². The second-order valence-electron chi connectivity index (χ2n) is 6.67. The normalized spacial score (nSPS) is 22.0. The first-order valence-corrected chi connectivity index (χ1v) is 8.75. The first-order valence-electron chi connectivity index (χ1n) is 8.75. The Morgan fingerprint density at radius 2 is 1.84 bits per heavy atom. The van der Waals surface area contributed by atoms with E-state index in [9.17, 15) is 4.39 Å². The van der Waals surface area contributed by atoms with Gasteiger partial charge in [0.1, 0.15) is 5.82 Å². The Balaban J connectivity index is 0.00000182. The average molecular weight is 366 g/mol. The van der Waals surface area contributed by atoms with Gasteiger partial charge in [-0.25, -0.2) is 9.07 Å². The number of rotatable bonds is 4. The molecule has 1 aromatic carbocycles. The maximum atomic E-state index is 13.1. The number of likely N-dealkylation sites (tertiary alicyclic amines) is 1. The van der Waals surface area contributed by atoms with Crippen LogP contribution in [0, 0.1) is 5.82 Å². The molecule has 2 aliphatic rings. The van der Waals surface area contributed by atoms with E-state index in [0.29, 0.717) is 6.04 Å². The van der Waals surface area contributed by atoms with Gasteiger partial charge in [0.05, 0.1) is 11.4 Å². The van der Waals surface area contributed by atoms with Crippen molar-refractivity contribution >= 4 is 12.4 Å². The van der Waals surface area contributed by atoms with Crippen molar-refractivity contribution < 1.29 is 4.39 Å². The van der Waals surface area contributed by atoms with E-state index < -0.39 is 0 Å². The summed E-state index contributed by atoms with van der Waals surface area (Å²) in [6.07, 6.45) is 3.06. The van der Waals surface area contributed by atoms with Gasteiger partial charge in [-0.15, -0.1) is 12.4 Å². The van der Waals surface area contributed by atoms with Gasteiger partial charge in [-0.05, 0) is 36.8 Å². The van der Waals surface area contributed by atoms with Crippen LogP contribution in [0.25, 0.3) is 5.69 Å². The number of halogens is 2. The molecule has 2 saturated heterocycles. The van der Waals surface area contributed by atoms with Gasteiger partial charge in [-0.3, -0.25) is 9.80 Å². The standard InChI is InChI=1S/C18H24FN5.ClH/c19-15-1-3-16(4-2-15)24-18(5-7-21-24)14-22-10-6-17(13-22)23-11-8-20-9-12-23;/h1-5,7,17,20H,6,8-14H2;1H. The van der Waals surface area contributed by atoms with Crippen LogP contribution in [0.1, 0.15) is 12.1 Å². The lowest BCUT2D eigenvalue weighted by molar-refractivity contribution is 0.170. The second kappa shape index (κ2) is 8.27. The zero-order valence-corrected chi connectivity index (χ0v) is 15.1. The van der Waals surface area contributed by atoms with Crippen LogP contribution in [0.3, 0.4) is 0 Å². The molecule has 0 spiro atoms. The van der Waals surface area contributed by atoms with Crippen LogP contribution in [0.2, 0.25) is 0 Å². The molecule has 0 amide bonds. The fourth-order valence-electron chi connectivity index (χ4n) is 3.80. The van der Waals surface area contributed by atoms with Crippen LogP contribution in [0.5, 0.6) is 0 Å². The van der Waals surface area contributed by atoms with Gasteiger partial charge in [-0.2, -0.15) is 5.10 Å². The summed E-state index contributed by atoms with van der Waals surface area (Å²) >= 11 is 0. The molecule has 2 fully saturated rings. The van der Waals surface area contributed by atoms with Crippen molar-refractivity contribution in [2.45, 2.75) is 19.0 Å². The SMILES string of the molecule is Cl.Fc1ccc(-n2nccc2CN2CCC(N3CCNCC3)C2)cc1. The molecule has 7 heteroatoms. The maximum Gasteiger partial charge on any atom is 0.123 e. The van der Waals surface area contributed by atoms with Gasteiger partial charge >= 0.3 is 0 Å². The lowest BCUT2D eigenvalue weighted by Crippen LogP contribution is -2.49. The summed E-state index contributed by atoms with van der Waals surface area (Å²) in [5.74, 6) is -0.217. The molecule has 0 bridgehead atoms. The van der Waals surface area contributed by atoms with Crippen molar-refractivity contribution in [1.82, 2.24) is 24.9 Å². The number of nitrogens with zero attached hydrogens (tertiary/aromatic N) is 4. The minimum absolute atomic E-state index is 0. The zero-order valence-electron chi connectivity index (χ0n) is 14.3. The Morgan fingerprint density at radius 1 is 1.08 bits per heavy atom. The fraction of sp³-hybridized carbons (Fsp3) is 0.500. The van der Waals surface area contributed by atoms with Gasteiger partial charge in [0.2, 0.25) is 0 Å². The molecule has 3 heterocycles. The maximum absolute atomic E-state index is 13.1. The highest BCUT2D eigenvalue weighted by atomic mass is 35.5. The summed E-state index contributed by atoms with van der Waals surface area (Å²) in [4.78, 5) is 5.12. The van der Waals surface area contributed by atoms with Crippen molar-refractivity contribution in [3.8, 4) is 5.69 Å². The van der Waals surface area contributed by atoms with Crippen molar-refractivity contribution in [1.29, 1.82) is 0 Å². The summed E-state index contributed by atoms with van der Waals surface area (Å²) in [6, 6.07) is 9.25. The topological polar surface area (TPSA) is 36.3 Å². The number of piperazine rings is 1. The van der Waals surface area contributed by atoms with Crippen LogP contribution in [0.4, 0.5) is 4.39 Å². The Labute approximate surface area is 154 Å². The lowest BCUT2D eigenvalue weighted by Gasteiger charge is -2.32. The third kappa shape index (κ3) is 4.20. The number of nitrogens with one attached hydrogen (secondary N) is 1. The summed E-state index contributed by atoms with van der Waals surface area (Å²) in [5.41, 5.74) is 2.07. The number of aromatic nitrogens is 2. The largest absolute Gasteiger partial charge is 0.314 e. The van der Waals surface area contributed by atoms with Crippen molar-refractivity contribution in [3.63, 3.8) is 0 Å². The van der Waals surface area contributed by atoms with Gasteiger partial charge in [0.15, 0.2) is 0 Å². The van der Waals surface area contributed by atoms with E-state index >= 15 is 0 Å². The average Bonchev–Trinajstić information content (AvgIpc) is 3.27. The minimum atomic E-state index is -0.217. The second-order valence-corrected chi connectivity index (χ2v) is 6.67. The van der Waals surface area contributed by atoms with E-state index in [1.165, 1.54) is 18.6 Å². The zero-order chi connectivity index (χ0) is 16.4. The molecule has 1 aromatic heterocycles. The smallest absolute Gasteiger partial charge is 0.123 e. The highest BCUT2D eigenvalue weighted by molar-refractivity contribution is 5.85. The van der Waals surface area contributed by atoms with Crippen molar-refractivity contribution in [3.05, 3.63) is 48.0 Å². The number of hydrogen-bond donors (Lipinski definition) is 1. The Morgan fingerprint density at radius 3 is 2.60 bits per heavy atom. The van der Waals surface area contributed by atoms with E-state index in [2.05, 4.69) is 26.3 Å². The predicted molar refractivity (Wildman–Crippen MR) is 98.9 cm³/mol. The van der Waals surface area contributed by atoms with Crippen LogP contribution in [0.15, 0.2) is 36.5 Å². The lowest BCUT2D eigenvalue weighted by atomic mass is 10.2. The molecule has 0 radical (unpaired) electrons. The monoisotopic (exact) mass is 365 g/mol. The predicted octanol–water partition coefficient (Wildman–Crippen LogP) is 1.91. The Bertz CT molecular complexity index is 668. The molecular formula is C18H25ClFN5. The van der Waals surface area contributed by atoms with Gasteiger partial charge in [-0.1, -0.05) is 0 Å². The minimum Gasteiger partial charge on any atom is -0.314 e. The van der Waals surface area contributed by atoms with E-state index in [1.54, 1.807) is 12.1 Å². The molecule has 25 heavy (non-hydrogen) atoms. The Kier molecular flexibility index (Phi) is 6.06. The fourth-order valence-corrected chi connectivity index (χ4v) is 3.80. The van der Waals surface area contributed by atoms with Gasteiger partial charge < -0.3 is 5.32 Å². The highest BCUT2D eigenvalue weighted by Crippen LogP contribution is 2.20. The third-order valence-corrected chi connectivity index (χ3v) is 5.09. The molecule has 5 nitrogen and oxygen atoms in total. The number of benzene rings is 1. The van der Waals surface area contributed by atoms with Crippen LogP contribution >= 0.6 is 12.4 Å². The van der Waals surface area contributed by atoms with Crippen LogP contribution in [-0.2, 0) is 6.54 Å². The Hall–Kier alpha value is -1.47. The van der Waals surface area contributed by atoms with Crippen LogP contribution in [-0.4, -0.2) is 64.9 Å². The molecule has 0 aliphatic carbocycles. The summed E-state index contributed by atoms with van der Waals surface area (Å²) in [6.45, 7) is 7.66. The summed E-state index contributed by atoms with van der Waals surface area (Å²) < 4.78 is 15.0. The molecule has 1 unspecified atom stereocenters. The third-order valence-electron chi connectivity index (χ3n) is 5.09. The molecule has 4 rings (SSSR count). The number of hydrogen-bond acceptors (Lipinski definition) is 4. The molecule has 1 atom stereocenters. The van der Waals surface area contributed by atoms with Gasteiger partial charge in [0, 0.05) is 58.1 Å².